The number of ketones is 1. The van der Waals surface area contributed by atoms with Crippen LogP contribution in [0.2, 0.25) is 0 Å². The van der Waals surface area contributed by atoms with Gasteiger partial charge in [0.05, 0.1) is 30.5 Å². The fraction of sp³-hybridized carbons (Fsp3) is 0.955. The molecule has 168 valence electrons. The van der Waals surface area contributed by atoms with Crippen LogP contribution in [0, 0.1) is 17.8 Å². The zero-order valence-electron chi connectivity index (χ0n) is 17.8. The summed E-state index contributed by atoms with van der Waals surface area (Å²) < 4.78 is 6.48. The molecule has 29 heavy (non-hydrogen) atoms. The van der Waals surface area contributed by atoms with Gasteiger partial charge in [0.25, 0.3) is 0 Å². The van der Waals surface area contributed by atoms with Crippen LogP contribution in [0.5, 0.6) is 0 Å². The Kier molecular flexibility index (Phi) is 8.38. The molecule has 1 aliphatic carbocycles. The number of hydrogen-bond acceptors (Lipinski definition) is 6. The van der Waals surface area contributed by atoms with E-state index in [2.05, 4.69) is 4.90 Å². The van der Waals surface area contributed by atoms with Gasteiger partial charge in [0.2, 0.25) is 0 Å². The highest BCUT2D eigenvalue weighted by Crippen LogP contribution is 2.38. The highest BCUT2D eigenvalue weighted by molar-refractivity contribution is 6.20. The molecule has 3 N–H and O–H groups in total. The van der Waals surface area contributed by atoms with Crippen molar-refractivity contribution in [2.75, 3.05) is 20.1 Å². The lowest BCUT2D eigenvalue weighted by Gasteiger charge is -2.45. The van der Waals surface area contributed by atoms with Crippen LogP contribution in [-0.4, -0.2) is 82.0 Å². The normalized spacial score (nSPS) is 46.4. The van der Waals surface area contributed by atoms with Crippen molar-refractivity contribution in [1.29, 1.82) is 0 Å². The minimum Gasteiger partial charge on any atom is -0.393 e. The van der Waals surface area contributed by atoms with E-state index < -0.39 is 18.3 Å². The SMILES string of the molecule is CC1OC(C2CCCCC2Cl)CC(=O)CC(O)CC(O)C1[C@H]1CCN(C)C[C@H]1O. The molecule has 2 aliphatic heterocycles. The van der Waals surface area contributed by atoms with Crippen LogP contribution in [-0.2, 0) is 9.53 Å². The lowest BCUT2D eigenvalue weighted by atomic mass is 9.74. The fourth-order valence-electron chi connectivity index (χ4n) is 5.79. The van der Waals surface area contributed by atoms with Crippen LogP contribution in [0.4, 0.5) is 0 Å². The number of alkyl halides is 1. The van der Waals surface area contributed by atoms with E-state index in [9.17, 15) is 20.1 Å². The molecule has 1 saturated carbocycles. The Hall–Kier alpha value is -0.240. The maximum atomic E-state index is 12.5. The van der Waals surface area contributed by atoms with Gasteiger partial charge in [-0.15, -0.1) is 11.6 Å². The highest BCUT2D eigenvalue weighted by atomic mass is 35.5. The predicted octanol–water partition coefficient (Wildman–Crippen LogP) is 1.96. The fourth-order valence-corrected chi connectivity index (χ4v) is 6.24. The number of rotatable bonds is 2. The number of carbonyl (C=O) groups is 1. The molecule has 0 amide bonds. The average molecular weight is 432 g/mol. The van der Waals surface area contributed by atoms with Crippen LogP contribution >= 0.6 is 11.6 Å². The van der Waals surface area contributed by atoms with E-state index in [0.717, 1.165) is 38.6 Å². The van der Waals surface area contributed by atoms with Crippen LogP contribution < -0.4 is 0 Å². The van der Waals surface area contributed by atoms with Crippen molar-refractivity contribution in [2.45, 2.75) is 94.2 Å². The topological polar surface area (TPSA) is 90.2 Å². The first kappa shape index (κ1) is 23.4. The summed E-state index contributed by atoms with van der Waals surface area (Å²) in [4.78, 5) is 14.6. The summed E-state index contributed by atoms with van der Waals surface area (Å²) in [7, 11) is 1.98. The van der Waals surface area contributed by atoms with Gasteiger partial charge < -0.3 is 25.0 Å². The lowest BCUT2D eigenvalue weighted by Crippen LogP contribution is -2.52. The summed E-state index contributed by atoms with van der Waals surface area (Å²) in [5, 5.41) is 32.1. The van der Waals surface area contributed by atoms with Crippen molar-refractivity contribution in [2.24, 2.45) is 17.8 Å². The number of nitrogens with zero attached hydrogens (tertiary/aromatic N) is 1. The molecule has 6 nitrogen and oxygen atoms in total. The van der Waals surface area contributed by atoms with E-state index in [1.807, 2.05) is 14.0 Å². The number of hydrogen-bond donors (Lipinski definition) is 3. The quantitative estimate of drug-likeness (QED) is 0.579. The Labute approximate surface area is 179 Å². The first-order valence-corrected chi connectivity index (χ1v) is 11.7. The number of likely N-dealkylation sites (N-methyl/N-ethyl adjacent to an activating group) is 1. The molecule has 7 unspecified atom stereocenters. The number of Topliss-reactive ketones (excluding diaryl/α,β-unsaturated/α-hetero) is 1. The third-order valence-corrected chi connectivity index (χ3v) is 7.86. The van der Waals surface area contributed by atoms with Crippen LogP contribution in [0.15, 0.2) is 0 Å². The van der Waals surface area contributed by atoms with Crippen molar-refractivity contribution in [3.05, 3.63) is 0 Å². The van der Waals surface area contributed by atoms with Crippen LogP contribution in [0.1, 0.15) is 58.3 Å². The number of ether oxygens (including phenoxy) is 1. The van der Waals surface area contributed by atoms with E-state index >= 15 is 0 Å². The minimum atomic E-state index is -0.868. The van der Waals surface area contributed by atoms with Gasteiger partial charge in [-0.25, -0.2) is 0 Å². The highest BCUT2D eigenvalue weighted by Gasteiger charge is 2.43. The summed E-state index contributed by atoms with van der Waals surface area (Å²) >= 11 is 6.62. The maximum absolute atomic E-state index is 12.5. The Balaban J connectivity index is 1.83. The first-order chi connectivity index (χ1) is 13.8. The van der Waals surface area contributed by atoms with Gasteiger partial charge in [-0.1, -0.05) is 12.8 Å². The summed E-state index contributed by atoms with van der Waals surface area (Å²) in [6.07, 6.45) is 2.37. The van der Waals surface area contributed by atoms with Gasteiger partial charge in [0, 0.05) is 43.0 Å². The van der Waals surface area contributed by atoms with Gasteiger partial charge in [0.15, 0.2) is 0 Å². The summed E-state index contributed by atoms with van der Waals surface area (Å²) in [6, 6.07) is 0. The zero-order chi connectivity index (χ0) is 21.1. The molecular weight excluding hydrogens is 394 g/mol. The number of piperidine rings is 1. The lowest BCUT2D eigenvalue weighted by molar-refractivity contribution is -0.149. The van der Waals surface area contributed by atoms with Crippen molar-refractivity contribution < 1.29 is 24.9 Å². The number of halogens is 1. The third kappa shape index (κ3) is 5.92. The summed E-state index contributed by atoms with van der Waals surface area (Å²) in [5.74, 6) is -0.318. The number of likely N-dealkylation sites (tertiary alicyclic amines) is 1. The second-order valence-corrected chi connectivity index (χ2v) is 10.2. The van der Waals surface area contributed by atoms with Gasteiger partial charge in [0.1, 0.15) is 5.78 Å². The molecule has 0 aromatic carbocycles. The monoisotopic (exact) mass is 431 g/mol. The number of β-amino-alcohol motifs (C(OH)–C–C–N with tert-alkyl or cyclic N) is 1. The Morgan fingerprint density at radius 3 is 2.45 bits per heavy atom. The molecule has 3 aliphatic rings. The van der Waals surface area contributed by atoms with E-state index in [1.54, 1.807) is 0 Å². The predicted molar refractivity (Wildman–Crippen MR) is 112 cm³/mol. The number of aliphatic hydroxyl groups is 3. The number of carbonyl (C=O) groups excluding carboxylic acids is 1. The molecule has 2 heterocycles. The maximum Gasteiger partial charge on any atom is 0.138 e. The van der Waals surface area contributed by atoms with Gasteiger partial charge >= 0.3 is 0 Å². The van der Waals surface area contributed by atoms with Crippen molar-refractivity contribution >= 4 is 17.4 Å². The molecular formula is C22H38ClNO5. The molecule has 3 rings (SSSR count). The second kappa shape index (κ2) is 10.4. The first-order valence-electron chi connectivity index (χ1n) is 11.3. The molecule has 9 atom stereocenters. The minimum absolute atomic E-state index is 0.0149. The molecule has 7 heteroatoms. The van der Waals surface area contributed by atoms with Gasteiger partial charge in [-0.3, -0.25) is 4.79 Å². The molecule has 0 aromatic rings. The molecule has 3 fully saturated rings. The summed E-state index contributed by atoms with van der Waals surface area (Å²) in [5.41, 5.74) is 0. The molecule has 0 radical (unpaired) electrons. The molecule has 0 aromatic heterocycles. The standard InChI is InChI=1S/C22H38ClNO5/c1-13-22(17-7-8-24(2)12-20(17)28)19(27)10-14(25)9-15(26)11-21(29-13)16-5-3-4-6-18(16)23/h13-14,16-22,25,27-28H,3-12H2,1-2H3/t13?,14?,16?,17-,18?,19?,20+,21?,22?/m0/s1. The van der Waals surface area contributed by atoms with E-state index in [-0.39, 0.29) is 60.4 Å². The Bertz CT molecular complexity index is 549. The zero-order valence-corrected chi connectivity index (χ0v) is 18.5. The third-order valence-electron chi connectivity index (χ3n) is 7.32. The van der Waals surface area contributed by atoms with E-state index in [0.29, 0.717) is 6.54 Å². The number of aliphatic hydroxyl groups excluding tert-OH is 3. The van der Waals surface area contributed by atoms with E-state index in [4.69, 9.17) is 16.3 Å². The van der Waals surface area contributed by atoms with Crippen LogP contribution in [0.25, 0.3) is 0 Å². The van der Waals surface area contributed by atoms with Crippen molar-refractivity contribution in [1.82, 2.24) is 4.90 Å². The molecule has 0 spiro atoms. The largest absolute Gasteiger partial charge is 0.393 e. The molecule has 2 saturated heterocycles. The Morgan fingerprint density at radius 2 is 1.76 bits per heavy atom. The van der Waals surface area contributed by atoms with Crippen molar-refractivity contribution in [3.63, 3.8) is 0 Å². The van der Waals surface area contributed by atoms with Crippen LogP contribution in [0.3, 0.4) is 0 Å². The molecule has 0 bridgehead atoms. The average Bonchev–Trinajstić information content (AvgIpc) is 2.62. The second-order valence-electron chi connectivity index (χ2n) is 9.61. The van der Waals surface area contributed by atoms with Crippen molar-refractivity contribution in [3.8, 4) is 0 Å². The summed E-state index contributed by atoms with van der Waals surface area (Å²) in [6.45, 7) is 3.36. The van der Waals surface area contributed by atoms with Gasteiger partial charge in [-0.05, 0) is 45.7 Å². The Morgan fingerprint density at radius 1 is 1.03 bits per heavy atom. The van der Waals surface area contributed by atoms with Gasteiger partial charge in [-0.2, -0.15) is 0 Å². The smallest absolute Gasteiger partial charge is 0.138 e. The van der Waals surface area contributed by atoms with E-state index in [1.165, 1.54) is 0 Å².